The van der Waals surface area contributed by atoms with Gasteiger partial charge in [-0.1, -0.05) is 0 Å². The van der Waals surface area contributed by atoms with Gasteiger partial charge in [0.05, 0.1) is 0 Å². The molecule has 11 heavy (non-hydrogen) atoms. The molecule has 0 fully saturated rings. The SMILES string of the molecule is CC(NCl)c1cncc(Br)c1. The molecule has 0 amide bonds. The fraction of sp³-hybridized carbons (Fsp3) is 0.286. The normalized spacial score (nSPS) is 13.0. The molecule has 0 aliphatic rings. The van der Waals surface area contributed by atoms with E-state index in [2.05, 4.69) is 25.7 Å². The van der Waals surface area contributed by atoms with Gasteiger partial charge in [-0.05, 0) is 46.3 Å². The van der Waals surface area contributed by atoms with E-state index in [-0.39, 0.29) is 6.04 Å². The summed E-state index contributed by atoms with van der Waals surface area (Å²) in [6.07, 6.45) is 3.52. The Balaban J connectivity index is 2.86. The van der Waals surface area contributed by atoms with Crippen LogP contribution in [0, 0.1) is 0 Å². The lowest BCUT2D eigenvalue weighted by Crippen LogP contribution is -2.06. The zero-order valence-corrected chi connectivity index (χ0v) is 8.35. The van der Waals surface area contributed by atoms with E-state index in [1.807, 2.05) is 13.0 Å². The van der Waals surface area contributed by atoms with Crippen LogP contribution in [0.1, 0.15) is 18.5 Å². The van der Waals surface area contributed by atoms with Crippen molar-refractivity contribution in [2.75, 3.05) is 0 Å². The molecule has 1 N–H and O–H groups in total. The van der Waals surface area contributed by atoms with Crippen molar-refractivity contribution < 1.29 is 0 Å². The number of nitrogens with zero attached hydrogens (tertiary/aromatic N) is 1. The number of hydrogen-bond acceptors (Lipinski definition) is 2. The van der Waals surface area contributed by atoms with E-state index in [4.69, 9.17) is 11.8 Å². The Bertz CT molecular complexity index is 242. The van der Waals surface area contributed by atoms with Crippen molar-refractivity contribution in [3.8, 4) is 0 Å². The highest BCUT2D eigenvalue weighted by Crippen LogP contribution is 2.16. The highest BCUT2D eigenvalue weighted by Gasteiger charge is 2.02. The fourth-order valence-electron chi connectivity index (χ4n) is 0.728. The maximum absolute atomic E-state index is 5.45. The van der Waals surface area contributed by atoms with Crippen LogP contribution in [0.2, 0.25) is 0 Å². The molecule has 0 aliphatic heterocycles. The van der Waals surface area contributed by atoms with Gasteiger partial charge in [0, 0.05) is 22.9 Å². The van der Waals surface area contributed by atoms with E-state index in [1.54, 1.807) is 12.4 Å². The second kappa shape index (κ2) is 4.04. The topological polar surface area (TPSA) is 24.9 Å². The zero-order valence-electron chi connectivity index (χ0n) is 6.01. The number of nitrogens with one attached hydrogen (secondary N) is 1. The molecule has 1 heterocycles. The van der Waals surface area contributed by atoms with Gasteiger partial charge in [-0.25, -0.2) is 4.84 Å². The molecule has 0 aliphatic carbocycles. The van der Waals surface area contributed by atoms with Crippen LogP contribution in [0.3, 0.4) is 0 Å². The quantitative estimate of drug-likeness (QED) is 0.797. The Morgan fingerprint density at radius 1 is 1.64 bits per heavy atom. The van der Waals surface area contributed by atoms with Gasteiger partial charge < -0.3 is 0 Å². The van der Waals surface area contributed by atoms with Crippen molar-refractivity contribution in [2.24, 2.45) is 0 Å². The third-order valence-electron chi connectivity index (χ3n) is 1.39. The number of aromatic nitrogens is 1. The van der Waals surface area contributed by atoms with Crippen molar-refractivity contribution in [2.45, 2.75) is 13.0 Å². The van der Waals surface area contributed by atoms with Gasteiger partial charge in [-0.15, -0.1) is 0 Å². The van der Waals surface area contributed by atoms with Crippen LogP contribution in [0.5, 0.6) is 0 Å². The summed E-state index contributed by atoms with van der Waals surface area (Å²) in [5.74, 6) is 0. The van der Waals surface area contributed by atoms with E-state index < -0.39 is 0 Å². The highest BCUT2D eigenvalue weighted by atomic mass is 79.9. The van der Waals surface area contributed by atoms with Gasteiger partial charge in [0.25, 0.3) is 0 Å². The fourth-order valence-corrected chi connectivity index (χ4v) is 1.24. The summed E-state index contributed by atoms with van der Waals surface area (Å²) in [4.78, 5) is 6.63. The Kier molecular flexibility index (Phi) is 3.30. The smallest absolute Gasteiger partial charge is 0.0457 e. The maximum Gasteiger partial charge on any atom is 0.0457 e. The predicted octanol–water partition coefficient (Wildman–Crippen LogP) is 2.65. The molecule has 0 radical (unpaired) electrons. The van der Waals surface area contributed by atoms with Crippen LogP contribution in [0.25, 0.3) is 0 Å². The van der Waals surface area contributed by atoms with Crippen LogP contribution in [-0.2, 0) is 0 Å². The van der Waals surface area contributed by atoms with E-state index >= 15 is 0 Å². The van der Waals surface area contributed by atoms with Crippen LogP contribution in [0.15, 0.2) is 22.9 Å². The first kappa shape index (κ1) is 8.97. The average molecular weight is 236 g/mol. The van der Waals surface area contributed by atoms with Gasteiger partial charge in [-0.2, -0.15) is 0 Å². The predicted molar refractivity (Wildman–Crippen MR) is 49.3 cm³/mol. The van der Waals surface area contributed by atoms with E-state index in [0.717, 1.165) is 10.0 Å². The largest absolute Gasteiger partial charge is 0.263 e. The first-order valence-electron chi connectivity index (χ1n) is 3.20. The Labute approximate surface area is 79.2 Å². The molecular formula is C7H8BrClN2. The molecule has 1 rings (SSSR count). The minimum Gasteiger partial charge on any atom is -0.263 e. The van der Waals surface area contributed by atoms with Crippen molar-refractivity contribution in [1.82, 2.24) is 9.82 Å². The van der Waals surface area contributed by atoms with E-state index in [9.17, 15) is 0 Å². The third kappa shape index (κ3) is 2.43. The number of halogens is 2. The second-order valence-corrected chi connectivity index (χ2v) is 3.40. The summed E-state index contributed by atoms with van der Waals surface area (Å²) in [5.41, 5.74) is 1.06. The lowest BCUT2D eigenvalue weighted by atomic mass is 10.2. The molecule has 1 aromatic heterocycles. The molecule has 0 bridgehead atoms. The summed E-state index contributed by atoms with van der Waals surface area (Å²) in [6, 6.07) is 2.11. The summed E-state index contributed by atoms with van der Waals surface area (Å²) >= 11 is 8.77. The van der Waals surface area contributed by atoms with Gasteiger partial charge in [0.15, 0.2) is 0 Å². The van der Waals surface area contributed by atoms with E-state index in [0.29, 0.717) is 0 Å². The lowest BCUT2D eigenvalue weighted by Gasteiger charge is -2.07. The Hall–Kier alpha value is -0.120. The van der Waals surface area contributed by atoms with Crippen LogP contribution in [0.4, 0.5) is 0 Å². The van der Waals surface area contributed by atoms with Gasteiger partial charge >= 0.3 is 0 Å². The molecular weight excluding hydrogens is 227 g/mol. The first-order valence-corrected chi connectivity index (χ1v) is 4.37. The molecule has 0 saturated carbocycles. The number of pyridine rings is 1. The molecule has 2 nitrogen and oxygen atoms in total. The Morgan fingerprint density at radius 2 is 2.36 bits per heavy atom. The third-order valence-corrected chi connectivity index (χ3v) is 2.15. The minimum absolute atomic E-state index is 0.127. The second-order valence-electron chi connectivity index (χ2n) is 2.27. The number of hydrogen-bond donors (Lipinski definition) is 1. The molecule has 0 aromatic carbocycles. The van der Waals surface area contributed by atoms with Gasteiger partial charge in [0.1, 0.15) is 0 Å². The minimum atomic E-state index is 0.127. The van der Waals surface area contributed by atoms with Crippen LogP contribution < -0.4 is 4.84 Å². The molecule has 0 spiro atoms. The summed E-state index contributed by atoms with van der Waals surface area (Å²) in [7, 11) is 0. The molecule has 4 heteroatoms. The van der Waals surface area contributed by atoms with Gasteiger partial charge in [0.2, 0.25) is 0 Å². The van der Waals surface area contributed by atoms with E-state index in [1.165, 1.54) is 0 Å². The molecule has 60 valence electrons. The molecule has 0 saturated heterocycles. The molecule has 1 unspecified atom stereocenters. The highest BCUT2D eigenvalue weighted by molar-refractivity contribution is 9.10. The van der Waals surface area contributed by atoms with Crippen molar-refractivity contribution in [3.05, 3.63) is 28.5 Å². The van der Waals surface area contributed by atoms with Gasteiger partial charge in [-0.3, -0.25) is 4.98 Å². The maximum atomic E-state index is 5.45. The summed E-state index contributed by atoms with van der Waals surface area (Å²) in [6.45, 7) is 1.97. The average Bonchev–Trinajstić information content (AvgIpc) is 2.03. The first-order chi connectivity index (χ1) is 5.24. The van der Waals surface area contributed by atoms with Crippen LogP contribution >= 0.6 is 27.7 Å². The van der Waals surface area contributed by atoms with Crippen molar-refractivity contribution >= 4 is 27.7 Å². The monoisotopic (exact) mass is 234 g/mol. The van der Waals surface area contributed by atoms with Crippen LogP contribution in [-0.4, -0.2) is 4.98 Å². The summed E-state index contributed by atoms with van der Waals surface area (Å²) < 4.78 is 0.966. The van der Waals surface area contributed by atoms with Crippen molar-refractivity contribution in [3.63, 3.8) is 0 Å². The Morgan fingerprint density at radius 3 is 2.91 bits per heavy atom. The lowest BCUT2D eigenvalue weighted by molar-refractivity contribution is 0.740. The standard InChI is InChI=1S/C7H8BrClN2/c1-5(11-9)6-2-7(8)4-10-3-6/h2-5,11H,1H3. The molecule has 1 atom stereocenters. The zero-order chi connectivity index (χ0) is 8.27. The van der Waals surface area contributed by atoms with Crippen molar-refractivity contribution in [1.29, 1.82) is 0 Å². The summed E-state index contributed by atoms with van der Waals surface area (Å²) in [5, 5.41) is 0. The number of rotatable bonds is 2. The molecule has 1 aromatic rings.